The van der Waals surface area contributed by atoms with Crippen molar-refractivity contribution in [1.82, 2.24) is 20.1 Å². The van der Waals surface area contributed by atoms with Crippen molar-refractivity contribution in [3.05, 3.63) is 54.9 Å². The Morgan fingerprint density at radius 3 is 2.34 bits per heavy atom. The molecule has 0 radical (unpaired) electrons. The average Bonchev–Trinajstić information content (AvgIpc) is 3.44. The third-order valence-electron chi connectivity index (χ3n) is 5.74. The molecule has 6 nitrogen and oxygen atoms in total. The summed E-state index contributed by atoms with van der Waals surface area (Å²) in [5, 5.41) is 14.6. The van der Waals surface area contributed by atoms with Crippen LogP contribution in [0.4, 0.5) is 5.69 Å². The summed E-state index contributed by atoms with van der Waals surface area (Å²) in [6.07, 6.45) is 4.52. The Balaban J connectivity index is 1.51. The lowest BCUT2D eigenvalue weighted by molar-refractivity contribution is -0.124. The largest absolute Gasteiger partial charge is 0.388 e. The highest BCUT2D eigenvalue weighted by Crippen LogP contribution is 2.37. The third kappa shape index (κ3) is 4.01. The number of hydrogen-bond acceptors (Lipinski definition) is 4. The van der Waals surface area contributed by atoms with Gasteiger partial charge in [0.15, 0.2) is 5.82 Å². The molecular formula is C23H27N5O. The molecule has 1 heterocycles. The van der Waals surface area contributed by atoms with E-state index in [0.29, 0.717) is 6.54 Å². The van der Waals surface area contributed by atoms with E-state index in [4.69, 9.17) is 0 Å². The van der Waals surface area contributed by atoms with E-state index in [2.05, 4.69) is 73.9 Å². The second-order valence-corrected chi connectivity index (χ2v) is 7.52. The van der Waals surface area contributed by atoms with Crippen molar-refractivity contribution >= 4 is 11.6 Å². The van der Waals surface area contributed by atoms with Crippen molar-refractivity contribution in [3.8, 4) is 22.5 Å². The van der Waals surface area contributed by atoms with Crippen LogP contribution in [0.2, 0.25) is 0 Å². The van der Waals surface area contributed by atoms with E-state index in [1.54, 1.807) is 6.33 Å². The maximum Gasteiger partial charge on any atom is 0.223 e. The highest BCUT2D eigenvalue weighted by Gasteiger charge is 2.31. The van der Waals surface area contributed by atoms with Crippen LogP contribution >= 0.6 is 0 Å². The lowest BCUT2D eigenvalue weighted by Crippen LogP contribution is -2.29. The van der Waals surface area contributed by atoms with Gasteiger partial charge in [-0.2, -0.15) is 0 Å². The molecule has 3 aromatic rings. The first kappa shape index (κ1) is 19.2. The first-order chi connectivity index (χ1) is 14.2. The molecule has 1 aromatic heterocycles. The van der Waals surface area contributed by atoms with Gasteiger partial charge in [0.05, 0.1) is 0 Å². The zero-order valence-corrected chi connectivity index (χ0v) is 16.9. The predicted molar refractivity (Wildman–Crippen MR) is 116 cm³/mol. The molecular weight excluding hydrogens is 362 g/mol. The Hall–Kier alpha value is -3.15. The summed E-state index contributed by atoms with van der Waals surface area (Å²) in [6.45, 7) is 2.64. The number of nitrogens with one attached hydrogen (secondary N) is 2. The van der Waals surface area contributed by atoms with Crippen LogP contribution in [0.5, 0.6) is 0 Å². The smallest absolute Gasteiger partial charge is 0.223 e. The maximum atomic E-state index is 12.2. The number of anilines is 1. The summed E-state index contributed by atoms with van der Waals surface area (Å²) in [5.41, 5.74) is 4.48. The van der Waals surface area contributed by atoms with Gasteiger partial charge in [0.25, 0.3) is 0 Å². The SMILES string of the molecule is CCNC(=O)[C@H]1CC[C@@H](n2cnnc2-c2ccc(-c3ccc(NC)cc3)cc2)C1. The summed E-state index contributed by atoms with van der Waals surface area (Å²) in [5.74, 6) is 1.11. The Morgan fingerprint density at radius 2 is 1.69 bits per heavy atom. The zero-order valence-electron chi connectivity index (χ0n) is 16.9. The standard InChI is InChI=1S/C23H27N5O/c1-3-25-23(29)19-10-13-21(14-19)28-15-26-27-22(28)18-6-4-16(5-7-18)17-8-11-20(24-2)12-9-17/h4-9,11-12,15,19,21,24H,3,10,13-14H2,1-2H3,(H,25,29)/t19-,21+/m0/s1. The Kier molecular flexibility index (Phi) is 5.60. The molecule has 0 bridgehead atoms. The van der Waals surface area contributed by atoms with E-state index >= 15 is 0 Å². The monoisotopic (exact) mass is 389 g/mol. The number of hydrogen-bond donors (Lipinski definition) is 2. The van der Waals surface area contributed by atoms with Gasteiger partial charge >= 0.3 is 0 Å². The molecule has 0 unspecified atom stereocenters. The molecule has 29 heavy (non-hydrogen) atoms. The Morgan fingerprint density at radius 1 is 1.03 bits per heavy atom. The quantitative estimate of drug-likeness (QED) is 0.665. The lowest BCUT2D eigenvalue weighted by atomic mass is 10.0. The van der Waals surface area contributed by atoms with Crippen molar-refractivity contribution in [2.45, 2.75) is 32.2 Å². The fourth-order valence-electron chi connectivity index (χ4n) is 4.12. The van der Waals surface area contributed by atoms with Gasteiger partial charge in [-0.25, -0.2) is 0 Å². The van der Waals surface area contributed by atoms with E-state index in [1.165, 1.54) is 11.1 Å². The molecule has 0 spiro atoms. The molecule has 1 aliphatic rings. The summed E-state index contributed by atoms with van der Waals surface area (Å²) in [4.78, 5) is 12.2. The fraction of sp³-hybridized carbons (Fsp3) is 0.348. The minimum atomic E-state index is 0.0816. The normalized spacial score (nSPS) is 18.6. The predicted octanol–water partition coefficient (Wildman–Crippen LogP) is 4.13. The van der Waals surface area contributed by atoms with Gasteiger partial charge in [0, 0.05) is 36.8 Å². The van der Waals surface area contributed by atoms with E-state index in [-0.39, 0.29) is 17.9 Å². The average molecular weight is 390 g/mol. The highest BCUT2D eigenvalue weighted by atomic mass is 16.1. The molecule has 4 rings (SSSR count). The molecule has 1 amide bonds. The van der Waals surface area contributed by atoms with Crippen LogP contribution in [0.25, 0.3) is 22.5 Å². The first-order valence-electron chi connectivity index (χ1n) is 10.3. The van der Waals surface area contributed by atoms with Crippen molar-refractivity contribution in [2.24, 2.45) is 5.92 Å². The number of carbonyl (C=O) groups excluding carboxylic acids is 1. The second kappa shape index (κ2) is 8.47. The minimum absolute atomic E-state index is 0.0816. The molecule has 2 aromatic carbocycles. The molecule has 1 fully saturated rings. The molecule has 1 aliphatic carbocycles. The van der Waals surface area contributed by atoms with Crippen LogP contribution < -0.4 is 10.6 Å². The lowest BCUT2D eigenvalue weighted by Gasteiger charge is -2.15. The van der Waals surface area contributed by atoms with Crippen LogP contribution in [0.15, 0.2) is 54.9 Å². The van der Waals surface area contributed by atoms with E-state index in [0.717, 1.165) is 36.3 Å². The van der Waals surface area contributed by atoms with Crippen molar-refractivity contribution in [1.29, 1.82) is 0 Å². The molecule has 150 valence electrons. The number of rotatable bonds is 6. The maximum absolute atomic E-state index is 12.2. The Labute approximate surface area is 171 Å². The minimum Gasteiger partial charge on any atom is -0.388 e. The van der Waals surface area contributed by atoms with Gasteiger partial charge in [-0.05, 0) is 49.4 Å². The number of nitrogens with zero attached hydrogens (tertiary/aromatic N) is 3. The number of aromatic nitrogens is 3. The van der Waals surface area contributed by atoms with E-state index in [1.807, 2.05) is 14.0 Å². The topological polar surface area (TPSA) is 71.8 Å². The Bertz CT molecular complexity index is 962. The summed E-state index contributed by atoms with van der Waals surface area (Å²) >= 11 is 0. The van der Waals surface area contributed by atoms with Crippen LogP contribution in [0.1, 0.15) is 32.2 Å². The third-order valence-corrected chi connectivity index (χ3v) is 5.74. The van der Waals surface area contributed by atoms with Gasteiger partial charge in [-0.1, -0.05) is 36.4 Å². The van der Waals surface area contributed by atoms with E-state index in [9.17, 15) is 4.79 Å². The van der Waals surface area contributed by atoms with Gasteiger partial charge < -0.3 is 15.2 Å². The van der Waals surface area contributed by atoms with Crippen molar-refractivity contribution in [2.75, 3.05) is 18.9 Å². The molecule has 6 heteroatoms. The van der Waals surface area contributed by atoms with Crippen LogP contribution in [-0.4, -0.2) is 34.3 Å². The number of amides is 1. The molecule has 0 saturated heterocycles. The summed E-state index contributed by atoms with van der Waals surface area (Å²) < 4.78 is 2.13. The molecule has 0 aliphatic heterocycles. The molecule has 2 N–H and O–H groups in total. The van der Waals surface area contributed by atoms with Crippen molar-refractivity contribution < 1.29 is 4.79 Å². The second-order valence-electron chi connectivity index (χ2n) is 7.52. The molecule has 2 atom stereocenters. The number of benzene rings is 2. The first-order valence-corrected chi connectivity index (χ1v) is 10.3. The van der Waals surface area contributed by atoms with Gasteiger partial charge in [0.1, 0.15) is 6.33 Å². The molecule has 1 saturated carbocycles. The summed E-state index contributed by atoms with van der Waals surface area (Å²) in [7, 11) is 1.92. The highest BCUT2D eigenvalue weighted by molar-refractivity contribution is 5.79. The van der Waals surface area contributed by atoms with Crippen LogP contribution in [-0.2, 0) is 4.79 Å². The van der Waals surface area contributed by atoms with Crippen LogP contribution in [0, 0.1) is 5.92 Å². The zero-order chi connectivity index (χ0) is 20.2. The number of carbonyl (C=O) groups is 1. The van der Waals surface area contributed by atoms with Crippen LogP contribution in [0.3, 0.4) is 0 Å². The van der Waals surface area contributed by atoms with Gasteiger partial charge in [-0.15, -0.1) is 10.2 Å². The van der Waals surface area contributed by atoms with E-state index < -0.39 is 0 Å². The van der Waals surface area contributed by atoms with Gasteiger partial charge in [-0.3, -0.25) is 4.79 Å². The fourth-order valence-corrected chi connectivity index (χ4v) is 4.12. The van der Waals surface area contributed by atoms with Crippen molar-refractivity contribution in [3.63, 3.8) is 0 Å². The summed E-state index contributed by atoms with van der Waals surface area (Å²) in [6, 6.07) is 17.1. The van der Waals surface area contributed by atoms with Gasteiger partial charge in [0.2, 0.25) is 5.91 Å².